The van der Waals surface area contributed by atoms with Gasteiger partial charge in [-0.25, -0.2) is 13.9 Å². The molecule has 0 atom stereocenters. The van der Waals surface area contributed by atoms with E-state index >= 15 is 0 Å². The molecule has 4 rings (SSSR count). The highest BCUT2D eigenvalue weighted by molar-refractivity contribution is 5.83. The van der Waals surface area contributed by atoms with E-state index in [2.05, 4.69) is 10.2 Å². The maximum atomic E-state index is 14.5. The van der Waals surface area contributed by atoms with Crippen molar-refractivity contribution in [2.45, 2.75) is 6.42 Å². The maximum absolute atomic E-state index is 14.5. The molecule has 0 aliphatic rings. The van der Waals surface area contributed by atoms with Crippen molar-refractivity contribution in [3.63, 3.8) is 0 Å². The van der Waals surface area contributed by atoms with Gasteiger partial charge in [0.25, 0.3) is 11.2 Å². The van der Waals surface area contributed by atoms with E-state index in [1.54, 1.807) is 24.3 Å². The Kier molecular flexibility index (Phi) is 4.71. The van der Waals surface area contributed by atoms with E-state index in [1.165, 1.54) is 12.1 Å². The summed E-state index contributed by atoms with van der Waals surface area (Å²) >= 11 is 0. The molecule has 7 nitrogen and oxygen atoms in total. The lowest BCUT2D eigenvalue weighted by molar-refractivity contribution is -0.383. The smallest absolute Gasteiger partial charge is 0.292 e. The van der Waals surface area contributed by atoms with Crippen LogP contribution in [0, 0.1) is 21.7 Å². The summed E-state index contributed by atoms with van der Waals surface area (Å²) < 4.78 is 28.9. The summed E-state index contributed by atoms with van der Waals surface area (Å²) in [7, 11) is 0. The molecule has 30 heavy (non-hydrogen) atoms. The first-order chi connectivity index (χ1) is 14.3. The minimum Gasteiger partial charge on any atom is -0.393 e. The Balaban J connectivity index is 1.81. The lowest BCUT2D eigenvalue weighted by Crippen LogP contribution is -2.11. The molecular weight excluding hydrogens is 394 g/mol. The summed E-state index contributed by atoms with van der Waals surface area (Å²) in [6.07, 6.45) is 0.225. The maximum Gasteiger partial charge on any atom is 0.292 e. The topological polar surface area (TPSA) is 115 Å². The number of hydrogen-bond acceptors (Lipinski definition) is 5. The molecule has 9 heteroatoms. The van der Waals surface area contributed by atoms with Gasteiger partial charge in [-0.2, -0.15) is 5.10 Å². The predicted molar refractivity (Wildman–Crippen MR) is 108 cm³/mol. The highest BCUT2D eigenvalue weighted by Gasteiger charge is 2.20. The van der Waals surface area contributed by atoms with Gasteiger partial charge in [-0.1, -0.05) is 24.3 Å². The van der Waals surface area contributed by atoms with Gasteiger partial charge >= 0.3 is 0 Å². The van der Waals surface area contributed by atoms with Crippen LogP contribution in [0.15, 0.2) is 59.4 Å². The van der Waals surface area contributed by atoms with E-state index in [-0.39, 0.29) is 28.8 Å². The standard InChI is InChI=1S/C21H14F2N4O3/c22-16-6-5-11(8-19-12-3-1-2-4-13(12)21(28)26-25-19)7-14(16)15-9-20(27(29)30)18(24)10-17(15)23/h1-7,9-10H,8,24H2,(H,26,28). The number of nitrogen functional groups attached to an aromatic ring is 1. The lowest BCUT2D eigenvalue weighted by Gasteiger charge is -2.10. The number of H-pyrrole nitrogens is 1. The average Bonchev–Trinajstić information content (AvgIpc) is 2.72. The van der Waals surface area contributed by atoms with Crippen molar-refractivity contribution in [1.29, 1.82) is 0 Å². The zero-order valence-electron chi connectivity index (χ0n) is 15.4. The van der Waals surface area contributed by atoms with Gasteiger partial charge in [-0.15, -0.1) is 0 Å². The van der Waals surface area contributed by atoms with Crippen molar-refractivity contribution in [2.75, 3.05) is 5.73 Å². The fourth-order valence-electron chi connectivity index (χ4n) is 3.33. The van der Waals surface area contributed by atoms with Crippen LogP contribution in [0.25, 0.3) is 21.9 Å². The van der Waals surface area contributed by atoms with Crippen LogP contribution in [0.5, 0.6) is 0 Å². The molecule has 0 bridgehead atoms. The van der Waals surface area contributed by atoms with Crippen LogP contribution in [0.4, 0.5) is 20.2 Å². The Morgan fingerprint density at radius 2 is 1.70 bits per heavy atom. The number of nitro groups is 1. The molecule has 0 saturated heterocycles. The van der Waals surface area contributed by atoms with Gasteiger partial charge in [0, 0.05) is 35.1 Å². The number of nitrogens with zero attached hydrogens (tertiary/aromatic N) is 2. The van der Waals surface area contributed by atoms with E-state index in [4.69, 9.17) is 5.73 Å². The molecule has 1 heterocycles. The van der Waals surface area contributed by atoms with Gasteiger partial charge in [-0.3, -0.25) is 14.9 Å². The Bertz CT molecular complexity index is 1370. The number of benzene rings is 3. The van der Waals surface area contributed by atoms with Gasteiger partial charge < -0.3 is 5.73 Å². The number of fused-ring (bicyclic) bond motifs is 1. The summed E-state index contributed by atoms with van der Waals surface area (Å²) in [5.74, 6) is -1.61. The van der Waals surface area contributed by atoms with Gasteiger partial charge in [0.1, 0.15) is 17.3 Å². The molecule has 0 amide bonds. The van der Waals surface area contributed by atoms with Gasteiger partial charge in [0.15, 0.2) is 0 Å². The summed E-state index contributed by atoms with van der Waals surface area (Å²) in [4.78, 5) is 22.3. The molecule has 3 N–H and O–H groups in total. The number of aromatic amines is 1. The molecule has 0 unspecified atom stereocenters. The average molecular weight is 408 g/mol. The van der Waals surface area contributed by atoms with E-state index in [0.717, 1.165) is 18.2 Å². The first-order valence-corrected chi connectivity index (χ1v) is 8.83. The first-order valence-electron chi connectivity index (χ1n) is 8.83. The Morgan fingerprint density at radius 3 is 2.43 bits per heavy atom. The fourth-order valence-corrected chi connectivity index (χ4v) is 3.33. The molecule has 1 aromatic heterocycles. The third-order valence-corrected chi connectivity index (χ3v) is 4.78. The van der Waals surface area contributed by atoms with E-state index in [9.17, 15) is 23.7 Å². The summed E-state index contributed by atoms with van der Waals surface area (Å²) in [5, 5.41) is 18.7. The van der Waals surface area contributed by atoms with E-state index < -0.39 is 22.2 Å². The third kappa shape index (κ3) is 3.37. The molecule has 3 aromatic carbocycles. The van der Waals surface area contributed by atoms with Crippen molar-refractivity contribution < 1.29 is 13.7 Å². The molecule has 0 spiro atoms. The molecular formula is C21H14F2N4O3. The SMILES string of the molecule is Nc1cc(F)c(-c2cc(Cc3n[nH]c(=O)c4ccccc34)ccc2F)cc1[N+](=O)[O-]. The van der Waals surface area contributed by atoms with Crippen molar-refractivity contribution >= 4 is 22.1 Å². The number of nitrogens with two attached hydrogens (primary N) is 1. The fraction of sp³-hybridized carbons (Fsp3) is 0.0476. The first kappa shape index (κ1) is 19.2. The lowest BCUT2D eigenvalue weighted by atomic mass is 9.98. The van der Waals surface area contributed by atoms with Crippen LogP contribution in [0.2, 0.25) is 0 Å². The number of nitrogens with one attached hydrogen (secondary N) is 1. The molecule has 0 fully saturated rings. The minimum absolute atomic E-state index is 0.137. The van der Waals surface area contributed by atoms with Crippen LogP contribution in [-0.4, -0.2) is 15.1 Å². The minimum atomic E-state index is -0.873. The Hall–Kier alpha value is -4.14. The second-order valence-corrected chi connectivity index (χ2v) is 6.68. The molecule has 150 valence electrons. The van der Waals surface area contributed by atoms with Gasteiger partial charge in [0.2, 0.25) is 0 Å². The number of hydrogen-bond donors (Lipinski definition) is 2. The normalized spacial score (nSPS) is 11.0. The van der Waals surface area contributed by atoms with Crippen LogP contribution in [-0.2, 0) is 6.42 Å². The molecule has 4 aromatic rings. The van der Waals surface area contributed by atoms with Crippen LogP contribution in [0.1, 0.15) is 11.3 Å². The number of aromatic nitrogens is 2. The Morgan fingerprint density at radius 1 is 1.00 bits per heavy atom. The molecule has 0 aliphatic carbocycles. The highest BCUT2D eigenvalue weighted by atomic mass is 19.1. The van der Waals surface area contributed by atoms with Crippen molar-refractivity contribution in [2.24, 2.45) is 0 Å². The zero-order chi connectivity index (χ0) is 21.4. The number of nitro benzene ring substituents is 1. The quantitative estimate of drug-likeness (QED) is 0.301. The van der Waals surface area contributed by atoms with Crippen molar-refractivity contribution in [3.8, 4) is 11.1 Å². The molecule has 0 saturated carbocycles. The second kappa shape index (κ2) is 7.36. The summed E-state index contributed by atoms with van der Waals surface area (Å²) in [6.45, 7) is 0. The largest absolute Gasteiger partial charge is 0.393 e. The second-order valence-electron chi connectivity index (χ2n) is 6.68. The number of anilines is 1. The van der Waals surface area contributed by atoms with Crippen molar-refractivity contribution in [1.82, 2.24) is 10.2 Å². The molecule has 0 radical (unpaired) electrons. The van der Waals surface area contributed by atoms with Gasteiger partial charge in [0.05, 0.1) is 16.0 Å². The monoisotopic (exact) mass is 408 g/mol. The van der Waals surface area contributed by atoms with E-state index in [0.29, 0.717) is 22.0 Å². The predicted octanol–water partition coefficient (Wildman–Crippen LogP) is 3.95. The number of rotatable bonds is 4. The van der Waals surface area contributed by atoms with Crippen LogP contribution >= 0.6 is 0 Å². The van der Waals surface area contributed by atoms with E-state index in [1.807, 2.05) is 0 Å². The van der Waals surface area contributed by atoms with Crippen LogP contribution < -0.4 is 11.3 Å². The highest BCUT2D eigenvalue weighted by Crippen LogP contribution is 2.34. The third-order valence-electron chi connectivity index (χ3n) is 4.78. The van der Waals surface area contributed by atoms with Crippen LogP contribution in [0.3, 0.4) is 0 Å². The number of halogens is 2. The van der Waals surface area contributed by atoms with Gasteiger partial charge in [-0.05, 0) is 23.8 Å². The molecule has 0 aliphatic heterocycles. The Labute approximate surface area is 167 Å². The summed E-state index contributed by atoms with van der Waals surface area (Å²) in [5.41, 5.74) is 5.03. The van der Waals surface area contributed by atoms with Crippen molar-refractivity contribution in [3.05, 3.63) is 98.0 Å². The summed E-state index contributed by atoms with van der Waals surface area (Å²) in [6, 6.07) is 12.7. The zero-order valence-corrected chi connectivity index (χ0v) is 15.4.